The van der Waals surface area contributed by atoms with Gasteiger partial charge in [-0.05, 0) is 30.3 Å². The zero-order chi connectivity index (χ0) is 20.6. The molecule has 0 unspecified atom stereocenters. The third-order valence-corrected chi connectivity index (χ3v) is 7.04. The smallest absolute Gasteiger partial charge is 0.243 e. The minimum atomic E-state index is -3.60. The molecule has 152 valence electrons. The summed E-state index contributed by atoms with van der Waals surface area (Å²) in [6.07, 6.45) is 1.38. The van der Waals surface area contributed by atoms with Crippen LogP contribution in [0.1, 0.15) is 0 Å². The third-order valence-electron chi connectivity index (χ3n) is 4.88. The second-order valence-electron chi connectivity index (χ2n) is 6.55. The first-order valence-electron chi connectivity index (χ1n) is 8.89. The van der Waals surface area contributed by atoms with Crippen molar-refractivity contribution in [1.29, 1.82) is 0 Å². The molecule has 0 radical (unpaired) electrons. The summed E-state index contributed by atoms with van der Waals surface area (Å²) < 4.78 is 46.2. The second-order valence-corrected chi connectivity index (χ2v) is 8.92. The number of rotatable bonds is 4. The Morgan fingerprint density at radius 2 is 1.76 bits per heavy atom. The van der Waals surface area contributed by atoms with Crippen LogP contribution in [0.25, 0.3) is 10.9 Å². The van der Waals surface area contributed by atoms with E-state index in [1.807, 2.05) is 4.90 Å². The molecular formula is C19H18ClFN4O3S. The highest BCUT2D eigenvalue weighted by molar-refractivity contribution is 7.89. The number of sulfonamides is 1. The Morgan fingerprint density at radius 1 is 1.07 bits per heavy atom. The van der Waals surface area contributed by atoms with Crippen LogP contribution in [-0.2, 0) is 10.0 Å². The van der Waals surface area contributed by atoms with Crippen molar-refractivity contribution in [2.24, 2.45) is 0 Å². The van der Waals surface area contributed by atoms with Gasteiger partial charge in [0.25, 0.3) is 0 Å². The van der Waals surface area contributed by atoms with Gasteiger partial charge in [0.2, 0.25) is 10.0 Å². The summed E-state index contributed by atoms with van der Waals surface area (Å²) in [5, 5.41) is 1.14. The first-order chi connectivity index (χ1) is 13.9. The third kappa shape index (κ3) is 3.73. The number of halogens is 2. The van der Waals surface area contributed by atoms with Crippen molar-refractivity contribution in [2.45, 2.75) is 4.90 Å². The van der Waals surface area contributed by atoms with Crippen LogP contribution in [0.15, 0.2) is 47.6 Å². The van der Waals surface area contributed by atoms with E-state index in [0.29, 0.717) is 47.9 Å². The summed E-state index contributed by atoms with van der Waals surface area (Å²) in [6, 6.07) is 9.00. The molecule has 2 heterocycles. The van der Waals surface area contributed by atoms with Gasteiger partial charge in [0.15, 0.2) is 11.6 Å². The molecule has 0 aliphatic carbocycles. The molecule has 1 saturated heterocycles. The Balaban J connectivity index is 1.58. The molecule has 1 aliphatic rings. The van der Waals surface area contributed by atoms with E-state index >= 15 is 0 Å². The Kier molecular flexibility index (Phi) is 5.28. The van der Waals surface area contributed by atoms with Gasteiger partial charge < -0.3 is 9.64 Å². The lowest BCUT2D eigenvalue weighted by Gasteiger charge is -2.35. The lowest BCUT2D eigenvalue weighted by atomic mass is 10.2. The lowest BCUT2D eigenvalue weighted by Crippen LogP contribution is -2.49. The second kappa shape index (κ2) is 7.74. The Labute approximate surface area is 172 Å². The highest BCUT2D eigenvalue weighted by Crippen LogP contribution is 2.30. The monoisotopic (exact) mass is 436 g/mol. The first-order valence-corrected chi connectivity index (χ1v) is 10.7. The number of aromatic nitrogens is 2. The predicted octanol–water partition coefficient (Wildman–Crippen LogP) is 2.94. The van der Waals surface area contributed by atoms with Crippen LogP contribution >= 0.6 is 11.6 Å². The van der Waals surface area contributed by atoms with Gasteiger partial charge >= 0.3 is 0 Å². The Hall–Kier alpha value is -2.49. The van der Waals surface area contributed by atoms with Crippen molar-refractivity contribution < 1.29 is 17.5 Å². The van der Waals surface area contributed by atoms with Gasteiger partial charge in [-0.25, -0.2) is 22.8 Å². The summed E-state index contributed by atoms with van der Waals surface area (Å²) in [7, 11) is -2.20. The molecule has 0 amide bonds. The molecule has 1 aliphatic heterocycles. The van der Waals surface area contributed by atoms with Crippen molar-refractivity contribution in [2.75, 3.05) is 38.2 Å². The minimum Gasteiger partial charge on any atom is -0.494 e. The van der Waals surface area contributed by atoms with Gasteiger partial charge in [-0.1, -0.05) is 11.6 Å². The van der Waals surface area contributed by atoms with Crippen molar-refractivity contribution in [1.82, 2.24) is 14.3 Å². The van der Waals surface area contributed by atoms with E-state index in [0.717, 1.165) is 0 Å². The standard InChI is InChI=1S/C19H18ClFN4O3S/c1-28-18-10-15-17(11-16(18)21)22-12-23-19(15)24-6-8-25(9-7-24)29(26,27)14-4-2-13(20)3-5-14/h2-5,10-12H,6-9H2,1H3. The number of benzene rings is 2. The van der Waals surface area contributed by atoms with E-state index in [-0.39, 0.29) is 10.6 Å². The first kappa shape index (κ1) is 19.8. The average molecular weight is 437 g/mol. The fourth-order valence-corrected chi connectivity index (χ4v) is 4.90. The summed E-state index contributed by atoms with van der Waals surface area (Å²) in [5.41, 5.74) is 0.463. The van der Waals surface area contributed by atoms with E-state index < -0.39 is 15.8 Å². The Bertz CT molecular complexity index is 1150. The SMILES string of the molecule is COc1cc2c(N3CCN(S(=O)(=O)c4ccc(Cl)cc4)CC3)ncnc2cc1F. The number of nitrogens with zero attached hydrogens (tertiary/aromatic N) is 4. The molecule has 0 bridgehead atoms. The van der Waals surface area contributed by atoms with Crippen LogP contribution < -0.4 is 9.64 Å². The Morgan fingerprint density at radius 3 is 2.41 bits per heavy atom. The van der Waals surface area contributed by atoms with Crippen LogP contribution in [0.3, 0.4) is 0 Å². The quantitative estimate of drug-likeness (QED) is 0.626. The number of fused-ring (bicyclic) bond motifs is 1. The van der Waals surface area contributed by atoms with Crippen LogP contribution in [0.4, 0.5) is 10.2 Å². The maximum absolute atomic E-state index is 14.0. The molecule has 1 aromatic heterocycles. The van der Waals surface area contributed by atoms with Gasteiger partial charge in [0.05, 0.1) is 17.5 Å². The molecule has 0 N–H and O–H groups in total. The lowest BCUT2D eigenvalue weighted by molar-refractivity contribution is 0.383. The van der Waals surface area contributed by atoms with E-state index in [4.69, 9.17) is 16.3 Å². The van der Waals surface area contributed by atoms with Gasteiger partial charge in [0, 0.05) is 42.7 Å². The summed E-state index contributed by atoms with van der Waals surface area (Å²) >= 11 is 5.85. The maximum Gasteiger partial charge on any atom is 0.243 e. The number of piperazine rings is 1. The average Bonchev–Trinajstić information content (AvgIpc) is 2.73. The number of methoxy groups -OCH3 is 1. The molecule has 2 aromatic carbocycles. The fourth-order valence-electron chi connectivity index (χ4n) is 3.35. The summed E-state index contributed by atoms with van der Waals surface area (Å²) in [4.78, 5) is 10.6. The minimum absolute atomic E-state index is 0.109. The van der Waals surface area contributed by atoms with Gasteiger partial charge in [-0.15, -0.1) is 0 Å². The highest BCUT2D eigenvalue weighted by Gasteiger charge is 2.29. The van der Waals surface area contributed by atoms with Gasteiger partial charge in [0.1, 0.15) is 12.1 Å². The van der Waals surface area contributed by atoms with E-state index in [1.165, 1.54) is 35.9 Å². The van der Waals surface area contributed by atoms with Crippen molar-refractivity contribution in [3.05, 3.63) is 53.6 Å². The number of anilines is 1. The largest absolute Gasteiger partial charge is 0.494 e. The van der Waals surface area contributed by atoms with E-state index in [1.54, 1.807) is 18.2 Å². The normalized spacial score (nSPS) is 15.6. The molecule has 0 saturated carbocycles. The summed E-state index contributed by atoms with van der Waals surface area (Å²) in [6.45, 7) is 1.49. The summed E-state index contributed by atoms with van der Waals surface area (Å²) in [5.74, 6) is 0.234. The van der Waals surface area contributed by atoms with E-state index in [9.17, 15) is 12.8 Å². The zero-order valence-electron chi connectivity index (χ0n) is 15.5. The van der Waals surface area contributed by atoms with Crippen molar-refractivity contribution in [3.8, 4) is 5.75 Å². The van der Waals surface area contributed by atoms with Crippen LogP contribution in [0.2, 0.25) is 5.02 Å². The molecule has 3 aromatic rings. The number of hydrogen-bond acceptors (Lipinski definition) is 6. The molecule has 1 fully saturated rings. The molecule has 7 nitrogen and oxygen atoms in total. The molecule has 0 spiro atoms. The number of hydrogen-bond donors (Lipinski definition) is 0. The molecule has 29 heavy (non-hydrogen) atoms. The van der Waals surface area contributed by atoms with Crippen LogP contribution in [0.5, 0.6) is 5.75 Å². The topological polar surface area (TPSA) is 75.6 Å². The van der Waals surface area contributed by atoms with Crippen LogP contribution in [0, 0.1) is 5.82 Å². The van der Waals surface area contributed by atoms with Gasteiger partial charge in [-0.3, -0.25) is 0 Å². The number of ether oxygens (including phenoxy) is 1. The molecule has 4 rings (SSSR count). The highest BCUT2D eigenvalue weighted by atomic mass is 35.5. The molecule has 10 heteroatoms. The maximum atomic E-state index is 14.0. The van der Waals surface area contributed by atoms with Crippen molar-refractivity contribution in [3.63, 3.8) is 0 Å². The molecule has 0 atom stereocenters. The van der Waals surface area contributed by atoms with E-state index in [2.05, 4.69) is 9.97 Å². The fraction of sp³-hybridized carbons (Fsp3) is 0.263. The zero-order valence-corrected chi connectivity index (χ0v) is 17.1. The predicted molar refractivity (Wildman–Crippen MR) is 108 cm³/mol. The van der Waals surface area contributed by atoms with Gasteiger partial charge in [-0.2, -0.15) is 4.31 Å². The molecular weight excluding hydrogens is 419 g/mol. The van der Waals surface area contributed by atoms with Crippen molar-refractivity contribution >= 4 is 38.3 Å². The van der Waals surface area contributed by atoms with Crippen LogP contribution in [-0.4, -0.2) is 56.0 Å².